The van der Waals surface area contributed by atoms with Crippen LogP contribution in [-0.4, -0.2) is 67.3 Å². The van der Waals surface area contributed by atoms with Crippen LogP contribution in [0.1, 0.15) is 26.7 Å². The maximum Gasteiger partial charge on any atom is 0.126 e. The molecule has 2 aliphatic rings. The first kappa shape index (κ1) is 13.2. The van der Waals surface area contributed by atoms with Crippen LogP contribution in [0.25, 0.3) is 0 Å². The molecule has 3 nitrogen and oxygen atoms in total. The smallest absolute Gasteiger partial charge is 0.126 e. The van der Waals surface area contributed by atoms with E-state index in [2.05, 4.69) is 29.0 Å². The van der Waals surface area contributed by atoms with Crippen molar-refractivity contribution in [2.75, 3.05) is 45.8 Å². The van der Waals surface area contributed by atoms with Gasteiger partial charge in [0.15, 0.2) is 0 Å². The summed E-state index contributed by atoms with van der Waals surface area (Å²) in [7, 11) is 0. The molecular weight excluding hydrogens is 217 g/mol. The van der Waals surface area contributed by atoms with Gasteiger partial charge in [-0.05, 0) is 26.3 Å². The third-order valence-electron chi connectivity index (χ3n) is 4.27. The molecule has 0 saturated carbocycles. The molecule has 100 valence electrons. The van der Waals surface area contributed by atoms with Gasteiger partial charge in [-0.3, -0.25) is 4.90 Å². The van der Waals surface area contributed by atoms with Gasteiger partial charge in [-0.2, -0.15) is 0 Å². The van der Waals surface area contributed by atoms with Crippen molar-refractivity contribution < 1.29 is 9.71 Å². The molecular formula is C13H27FN3+. The molecule has 0 aromatic rings. The van der Waals surface area contributed by atoms with E-state index >= 15 is 0 Å². The zero-order chi connectivity index (χ0) is 12.3. The van der Waals surface area contributed by atoms with Gasteiger partial charge in [0.05, 0.1) is 19.1 Å². The van der Waals surface area contributed by atoms with E-state index < -0.39 is 5.67 Å². The van der Waals surface area contributed by atoms with Gasteiger partial charge in [0.1, 0.15) is 5.67 Å². The summed E-state index contributed by atoms with van der Waals surface area (Å²) in [6.07, 6.45) is 1.44. The molecule has 2 N–H and O–H groups in total. The minimum absolute atomic E-state index is 0.628. The highest BCUT2D eigenvalue weighted by Crippen LogP contribution is 2.27. The summed E-state index contributed by atoms with van der Waals surface area (Å²) in [5, 5.41) is 2.36. The van der Waals surface area contributed by atoms with Crippen LogP contribution in [0.2, 0.25) is 0 Å². The Bertz CT molecular complexity index is 239. The van der Waals surface area contributed by atoms with E-state index in [4.69, 9.17) is 0 Å². The summed E-state index contributed by atoms with van der Waals surface area (Å²) >= 11 is 0. The van der Waals surface area contributed by atoms with Gasteiger partial charge in [-0.25, -0.2) is 4.39 Å². The number of hydrogen-bond acceptors (Lipinski definition) is 2. The Balaban J connectivity index is 1.81. The van der Waals surface area contributed by atoms with Gasteiger partial charge in [0.25, 0.3) is 0 Å². The highest BCUT2D eigenvalue weighted by molar-refractivity contribution is 4.89. The Morgan fingerprint density at radius 3 is 2.53 bits per heavy atom. The predicted molar refractivity (Wildman–Crippen MR) is 67.9 cm³/mol. The normalized spacial score (nSPS) is 31.6. The van der Waals surface area contributed by atoms with Crippen molar-refractivity contribution in [3.63, 3.8) is 0 Å². The summed E-state index contributed by atoms with van der Waals surface area (Å²) in [5.74, 6) is 0. The van der Waals surface area contributed by atoms with Crippen molar-refractivity contribution >= 4 is 0 Å². The van der Waals surface area contributed by atoms with Gasteiger partial charge in [-0.15, -0.1) is 0 Å². The lowest BCUT2D eigenvalue weighted by molar-refractivity contribution is -0.694. The lowest BCUT2D eigenvalue weighted by atomic mass is 9.92. The fourth-order valence-electron chi connectivity index (χ4n) is 3.09. The monoisotopic (exact) mass is 244 g/mol. The fraction of sp³-hybridized carbons (Fsp3) is 1.00. The summed E-state index contributed by atoms with van der Waals surface area (Å²) in [5.41, 5.74) is -0.928. The van der Waals surface area contributed by atoms with E-state index in [0.717, 1.165) is 52.1 Å². The summed E-state index contributed by atoms with van der Waals surface area (Å²) in [6.45, 7) is 11.2. The highest BCUT2D eigenvalue weighted by atomic mass is 19.1. The van der Waals surface area contributed by atoms with Crippen LogP contribution in [0, 0.1) is 0 Å². The molecule has 2 saturated heterocycles. The van der Waals surface area contributed by atoms with E-state index in [1.165, 1.54) is 0 Å². The lowest BCUT2D eigenvalue weighted by Gasteiger charge is -2.40. The molecule has 0 unspecified atom stereocenters. The number of piperidine rings is 1. The minimum atomic E-state index is -0.928. The largest absolute Gasteiger partial charge is 0.342 e. The van der Waals surface area contributed by atoms with E-state index in [1.807, 2.05) is 0 Å². The number of quaternary nitrogens is 1. The van der Waals surface area contributed by atoms with Crippen LogP contribution < -0.4 is 5.32 Å². The van der Waals surface area contributed by atoms with Crippen molar-refractivity contribution in [3.05, 3.63) is 0 Å². The number of rotatable bonds is 3. The van der Waals surface area contributed by atoms with Crippen LogP contribution in [-0.2, 0) is 0 Å². The number of alkyl halides is 1. The standard InChI is InChI=1S/C13H26FN3/c1-3-16-7-4-13(14,5-8-16)11-17-9-6-15-12(2)10-17/h12,15H,3-11H2,1-2H3/p+1/t12-/m0/s1. The second-order valence-corrected chi connectivity index (χ2v) is 5.82. The number of nitrogens with zero attached hydrogens (tertiary/aromatic N) is 2. The molecule has 2 rings (SSSR count). The molecule has 0 spiro atoms. The summed E-state index contributed by atoms with van der Waals surface area (Å²) in [6, 6.07) is 0.628. The van der Waals surface area contributed by atoms with E-state index in [0.29, 0.717) is 12.6 Å². The van der Waals surface area contributed by atoms with Gasteiger partial charge in [-0.1, -0.05) is 6.92 Å². The van der Waals surface area contributed by atoms with Gasteiger partial charge >= 0.3 is 0 Å². The molecule has 2 fully saturated rings. The molecule has 0 aromatic carbocycles. The Kier molecular flexibility index (Phi) is 4.39. The molecule has 0 radical (unpaired) electrons. The molecule has 0 aliphatic carbocycles. The predicted octanol–water partition coefficient (Wildman–Crippen LogP) is 0.0779. The average molecular weight is 244 g/mol. The van der Waals surface area contributed by atoms with Crippen molar-refractivity contribution in [2.24, 2.45) is 0 Å². The van der Waals surface area contributed by atoms with E-state index in [-0.39, 0.29) is 0 Å². The van der Waals surface area contributed by atoms with Crippen molar-refractivity contribution in [1.82, 2.24) is 9.80 Å². The molecule has 17 heavy (non-hydrogen) atoms. The molecule has 4 heteroatoms. The molecule has 2 heterocycles. The molecule has 0 amide bonds. The Labute approximate surface area is 104 Å². The van der Waals surface area contributed by atoms with Crippen LogP contribution in [0.15, 0.2) is 0 Å². The molecule has 0 aromatic heterocycles. The van der Waals surface area contributed by atoms with Crippen molar-refractivity contribution in [2.45, 2.75) is 38.4 Å². The second kappa shape index (κ2) is 5.63. The van der Waals surface area contributed by atoms with Crippen molar-refractivity contribution in [3.8, 4) is 0 Å². The maximum atomic E-state index is 14.7. The Hall–Kier alpha value is -0.190. The Morgan fingerprint density at radius 1 is 1.24 bits per heavy atom. The second-order valence-electron chi connectivity index (χ2n) is 5.82. The topological polar surface area (TPSA) is 23.1 Å². The summed E-state index contributed by atoms with van der Waals surface area (Å²) in [4.78, 5) is 4.68. The summed E-state index contributed by atoms with van der Waals surface area (Å²) < 4.78 is 14.7. The first-order valence-corrected chi connectivity index (χ1v) is 7.08. The lowest BCUT2D eigenvalue weighted by Crippen LogP contribution is -2.94. The number of likely N-dealkylation sites (tertiary alicyclic amines) is 1. The Morgan fingerprint density at radius 2 is 1.94 bits per heavy atom. The third kappa shape index (κ3) is 3.63. The van der Waals surface area contributed by atoms with Gasteiger partial charge in [0.2, 0.25) is 0 Å². The van der Waals surface area contributed by atoms with Gasteiger partial charge in [0, 0.05) is 26.2 Å². The third-order valence-corrected chi connectivity index (χ3v) is 4.27. The quantitative estimate of drug-likeness (QED) is 0.760. The van der Waals surface area contributed by atoms with Crippen molar-refractivity contribution in [1.29, 1.82) is 0 Å². The van der Waals surface area contributed by atoms with Crippen LogP contribution >= 0.6 is 0 Å². The fourth-order valence-corrected chi connectivity index (χ4v) is 3.09. The SMILES string of the molecule is CCN1CCC(F)(CN2CC[NH2+][C@@H](C)C2)CC1. The number of hydrogen-bond donors (Lipinski definition) is 1. The zero-order valence-corrected chi connectivity index (χ0v) is 11.3. The molecule has 0 bridgehead atoms. The first-order chi connectivity index (χ1) is 8.11. The number of nitrogens with two attached hydrogens (primary N) is 1. The van der Waals surface area contributed by atoms with E-state index in [9.17, 15) is 4.39 Å². The maximum absolute atomic E-state index is 14.7. The van der Waals surface area contributed by atoms with Crippen LogP contribution in [0.3, 0.4) is 0 Å². The number of piperazine rings is 1. The van der Waals surface area contributed by atoms with Crippen LogP contribution in [0.4, 0.5) is 4.39 Å². The van der Waals surface area contributed by atoms with Gasteiger partial charge < -0.3 is 10.2 Å². The molecule has 1 atom stereocenters. The minimum Gasteiger partial charge on any atom is -0.342 e. The zero-order valence-electron chi connectivity index (χ0n) is 11.3. The first-order valence-electron chi connectivity index (χ1n) is 7.08. The van der Waals surface area contributed by atoms with E-state index in [1.54, 1.807) is 0 Å². The van der Waals surface area contributed by atoms with Crippen LogP contribution in [0.5, 0.6) is 0 Å². The number of halogens is 1. The highest BCUT2D eigenvalue weighted by Gasteiger charge is 2.36. The molecule has 2 aliphatic heterocycles. The average Bonchev–Trinajstić information content (AvgIpc) is 2.29.